The molecule has 0 N–H and O–H groups in total. The Morgan fingerprint density at radius 3 is 2.84 bits per heavy atom. The monoisotopic (exact) mass is 455 g/mol. The number of amides is 1. The van der Waals surface area contributed by atoms with Gasteiger partial charge in [-0.2, -0.15) is 4.98 Å². The van der Waals surface area contributed by atoms with Gasteiger partial charge in [-0.05, 0) is 36.9 Å². The second-order valence-electron chi connectivity index (χ2n) is 7.39. The van der Waals surface area contributed by atoms with Crippen LogP contribution in [0.4, 0.5) is 5.69 Å². The van der Waals surface area contributed by atoms with Crippen molar-refractivity contribution in [2.75, 3.05) is 20.8 Å². The molecule has 0 spiro atoms. The van der Waals surface area contributed by atoms with Crippen molar-refractivity contribution < 1.29 is 18.8 Å². The molecule has 1 amide bonds. The fraction of sp³-hybridized carbons (Fsp3) is 0.318. The van der Waals surface area contributed by atoms with Crippen molar-refractivity contribution in [2.24, 2.45) is 4.99 Å². The second-order valence-corrected chi connectivity index (χ2v) is 7.82. The molecule has 1 aliphatic rings. The van der Waals surface area contributed by atoms with Gasteiger partial charge in [0.05, 0.1) is 31.9 Å². The lowest BCUT2D eigenvalue weighted by molar-refractivity contribution is 0.0770. The van der Waals surface area contributed by atoms with Crippen LogP contribution in [-0.4, -0.2) is 53.4 Å². The molecule has 10 heteroatoms. The first-order valence-corrected chi connectivity index (χ1v) is 10.3. The summed E-state index contributed by atoms with van der Waals surface area (Å²) in [6.45, 7) is 4.14. The van der Waals surface area contributed by atoms with Crippen LogP contribution in [0.1, 0.15) is 46.1 Å². The Labute approximate surface area is 190 Å². The molecule has 1 aromatic carbocycles. The van der Waals surface area contributed by atoms with Crippen LogP contribution < -0.4 is 4.74 Å². The van der Waals surface area contributed by atoms with Crippen LogP contribution >= 0.6 is 11.6 Å². The minimum Gasteiger partial charge on any atom is -0.479 e. The number of hydrogen-bond acceptors (Lipinski definition) is 8. The number of benzene rings is 1. The Hall–Kier alpha value is -3.30. The van der Waals surface area contributed by atoms with Gasteiger partial charge >= 0.3 is 0 Å². The van der Waals surface area contributed by atoms with Gasteiger partial charge in [-0.3, -0.25) is 9.79 Å². The normalized spacial score (nSPS) is 17.8. The first kappa shape index (κ1) is 21.9. The van der Waals surface area contributed by atoms with Gasteiger partial charge in [-0.1, -0.05) is 28.9 Å². The molecule has 0 saturated carbocycles. The summed E-state index contributed by atoms with van der Waals surface area (Å²) in [4.78, 5) is 26.8. The highest BCUT2D eigenvalue weighted by Gasteiger charge is 2.31. The van der Waals surface area contributed by atoms with Crippen molar-refractivity contribution >= 4 is 29.9 Å². The molecule has 2 atom stereocenters. The van der Waals surface area contributed by atoms with Crippen LogP contribution in [0, 0.1) is 0 Å². The molecule has 9 nitrogen and oxygen atoms in total. The number of carbonyl (C=O) groups is 1. The quantitative estimate of drug-likeness (QED) is 0.496. The Morgan fingerprint density at radius 2 is 2.12 bits per heavy atom. The third-order valence-corrected chi connectivity index (χ3v) is 5.53. The molecule has 32 heavy (non-hydrogen) atoms. The summed E-state index contributed by atoms with van der Waals surface area (Å²) in [6, 6.07) is 9.17. The zero-order valence-corrected chi connectivity index (χ0v) is 18.5. The van der Waals surface area contributed by atoms with Gasteiger partial charge in [-0.25, -0.2) is 4.98 Å². The maximum absolute atomic E-state index is 12.9. The molecule has 1 fully saturated rings. The zero-order chi connectivity index (χ0) is 22.7. The molecule has 3 aromatic rings. The smallest absolute Gasteiger partial charge is 0.256 e. The number of aliphatic imine (C=N–C) groups is 1. The van der Waals surface area contributed by atoms with Crippen LogP contribution in [-0.2, 0) is 11.3 Å². The number of carbonyl (C=O) groups excluding carboxylic acids is 1. The minimum atomic E-state index is -0.292. The van der Waals surface area contributed by atoms with Gasteiger partial charge < -0.3 is 18.9 Å². The van der Waals surface area contributed by atoms with Gasteiger partial charge in [0.25, 0.3) is 5.91 Å². The summed E-state index contributed by atoms with van der Waals surface area (Å²) in [5, 5.41) is 4.79. The highest BCUT2D eigenvalue weighted by Crippen LogP contribution is 2.37. The first-order chi connectivity index (χ1) is 15.5. The average molecular weight is 456 g/mol. The van der Waals surface area contributed by atoms with Crippen LogP contribution in [0.3, 0.4) is 0 Å². The lowest BCUT2D eigenvalue weighted by Crippen LogP contribution is -2.26. The van der Waals surface area contributed by atoms with Crippen molar-refractivity contribution in [1.82, 2.24) is 20.0 Å². The van der Waals surface area contributed by atoms with Crippen LogP contribution in [0.5, 0.6) is 5.88 Å². The number of aromatic nitrogens is 3. The maximum atomic E-state index is 12.9. The van der Waals surface area contributed by atoms with Crippen LogP contribution in [0.15, 0.2) is 46.0 Å². The third kappa shape index (κ3) is 4.49. The summed E-state index contributed by atoms with van der Waals surface area (Å²) >= 11 is 5.96. The second kappa shape index (κ2) is 9.46. The van der Waals surface area contributed by atoms with E-state index in [4.69, 9.17) is 25.6 Å². The zero-order valence-electron chi connectivity index (χ0n) is 17.7. The van der Waals surface area contributed by atoms with E-state index in [1.807, 2.05) is 24.3 Å². The molecule has 1 saturated heterocycles. The molecule has 166 valence electrons. The Balaban J connectivity index is 1.42. The van der Waals surface area contributed by atoms with Gasteiger partial charge in [0, 0.05) is 24.2 Å². The number of methoxy groups -OCH3 is 1. The molecule has 0 aliphatic carbocycles. The molecule has 1 aliphatic heterocycles. The fourth-order valence-corrected chi connectivity index (χ4v) is 3.73. The van der Waals surface area contributed by atoms with E-state index in [9.17, 15) is 4.79 Å². The van der Waals surface area contributed by atoms with Crippen LogP contribution in [0.2, 0.25) is 5.02 Å². The predicted octanol–water partition coefficient (Wildman–Crippen LogP) is 3.98. The number of ether oxygens (including phenoxy) is 2. The highest BCUT2D eigenvalue weighted by molar-refractivity contribution is 6.30. The summed E-state index contributed by atoms with van der Waals surface area (Å²) in [7, 11) is 3.10. The maximum Gasteiger partial charge on any atom is 0.256 e. The summed E-state index contributed by atoms with van der Waals surface area (Å²) < 4.78 is 16.5. The molecule has 0 bridgehead atoms. The van der Waals surface area contributed by atoms with E-state index in [1.165, 1.54) is 18.2 Å². The average Bonchev–Trinajstić information content (AvgIpc) is 3.48. The number of rotatable bonds is 7. The van der Waals surface area contributed by atoms with Crippen molar-refractivity contribution in [3.8, 4) is 5.88 Å². The van der Waals surface area contributed by atoms with E-state index >= 15 is 0 Å². The lowest BCUT2D eigenvalue weighted by Gasteiger charge is -2.16. The van der Waals surface area contributed by atoms with Crippen LogP contribution in [0.25, 0.3) is 0 Å². The van der Waals surface area contributed by atoms with Crippen molar-refractivity contribution in [2.45, 2.75) is 25.0 Å². The Bertz CT molecular complexity index is 1120. The molecular formula is C22H22ClN5O4. The van der Waals surface area contributed by atoms with E-state index in [0.29, 0.717) is 28.9 Å². The number of halogens is 1. The number of hydrogen-bond donors (Lipinski definition) is 0. The Kier molecular flexibility index (Phi) is 6.48. The summed E-state index contributed by atoms with van der Waals surface area (Å²) in [6.07, 6.45) is 2.17. The molecule has 4 rings (SSSR count). The molecule has 0 unspecified atom stereocenters. The van der Waals surface area contributed by atoms with E-state index in [2.05, 4.69) is 26.8 Å². The highest BCUT2D eigenvalue weighted by atomic mass is 35.5. The predicted molar refractivity (Wildman–Crippen MR) is 118 cm³/mol. The molecular weight excluding hydrogens is 434 g/mol. The van der Waals surface area contributed by atoms with Gasteiger partial charge in [0.2, 0.25) is 11.8 Å². The molecule has 3 heterocycles. The number of pyridine rings is 1. The van der Waals surface area contributed by atoms with Crippen molar-refractivity contribution in [3.05, 3.63) is 64.4 Å². The van der Waals surface area contributed by atoms with Gasteiger partial charge in [-0.15, -0.1) is 0 Å². The van der Waals surface area contributed by atoms with E-state index in [1.54, 1.807) is 13.1 Å². The molecule has 0 radical (unpaired) electrons. The van der Waals surface area contributed by atoms with Gasteiger partial charge in [0.15, 0.2) is 5.82 Å². The lowest BCUT2D eigenvalue weighted by atomic mass is 10.0. The summed E-state index contributed by atoms with van der Waals surface area (Å²) in [5.74, 6) is 0.849. The van der Waals surface area contributed by atoms with E-state index < -0.39 is 0 Å². The fourth-order valence-electron chi connectivity index (χ4n) is 3.60. The number of nitrogens with zero attached hydrogens (tertiary/aromatic N) is 5. The first-order valence-electron chi connectivity index (χ1n) is 9.95. The van der Waals surface area contributed by atoms with E-state index in [-0.39, 0.29) is 36.0 Å². The standard InChI is InChI=1S/C22H22ClN5O4/c1-24-19-16(8-9-25-21(19)30-3)22(29)28(2)11-18-26-20(27-32-18)14-10-17(31-12-14)13-4-6-15(23)7-5-13/h4-9,14,17H,1,10-12H2,2-3H3/t14-,17+/m0/s1. The molecule has 2 aromatic heterocycles. The van der Waals surface area contributed by atoms with E-state index in [0.717, 1.165) is 12.0 Å². The topological polar surface area (TPSA) is 103 Å². The van der Waals surface area contributed by atoms with Gasteiger partial charge in [0.1, 0.15) is 5.69 Å². The minimum absolute atomic E-state index is 0.00946. The van der Waals surface area contributed by atoms with Crippen molar-refractivity contribution in [1.29, 1.82) is 0 Å². The van der Waals surface area contributed by atoms with Crippen molar-refractivity contribution in [3.63, 3.8) is 0 Å². The SMILES string of the molecule is C=Nc1c(C(=O)N(C)Cc2nc([C@@H]3CO[C@@H](c4ccc(Cl)cc4)C3)no2)ccnc1OC. The largest absolute Gasteiger partial charge is 0.479 e. The summed E-state index contributed by atoms with van der Waals surface area (Å²) in [5.41, 5.74) is 1.67. The Morgan fingerprint density at radius 1 is 1.34 bits per heavy atom. The third-order valence-electron chi connectivity index (χ3n) is 5.28.